The Morgan fingerprint density at radius 3 is 2.78 bits per heavy atom. The average molecular weight is 260 g/mol. The number of hydrogen-bond acceptors (Lipinski definition) is 4. The zero-order chi connectivity index (χ0) is 13.5. The molecule has 0 aromatic rings. The second-order valence-corrected chi connectivity index (χ2v) is 4.37. The first kappa shape index (κ1) is 14.7. The van der Waals surface area contributed by atoms with Gasteiger partial charge in [0.15, 0.2) is 0 Å². The highest BCUT2D eigenvalue weighted by molar-refractivity contribution is 5.82. The van der Waals surface area contributed by atoms with Crippen molar-refractivity contribution in [2.45, 2.75) is 31.4 Å². The van der Waals surface area contributed by atoms with E-state index in [1.165, 1.54) is 4.90 Å². The number of urea groups is 1. The molecular formula is C11H20N2O5. The lowest BCUT2D eigenvalue weighted by atomic mass is 10.2. The van der Waals surface area contributed by atoms with Gasteiger partial charge in [0.2, 0.25) is 0 Å². The molecule has 1 fully saturated rings. The highest BCUT2D eigenvalue weighted by atomic mass is 16.5. The van der Waals surface area contributed by atoms with Crippen LogP contribution >= 0.6 is 0 Å². The fraction of sp³-hybridized carbons (Fsp3) is 0.818. The summed E-state index contributed by atoms with van der Waals surface area (Å²) in [7, 11) is 1.59. The number of rotatable bonds is 6. The van der Waals surface area contributed by atoms with Crippen LogP contribution < -0.4 is 5.32 Å². The van der Waals surface area contributed by atoms with Crippen LogP contribution in [-0.2, 0) is 9.53 Å². The van der Waals surface area contributed by atoms with Gasteiger partial charge in [-0.1, -0.05) is 0 Å². The van der Waals surface area contributed by atoms with Crippen LogP contribution in [0.5, 0.6) is 0 Å². The van der Waals surface area contributed by atoms with E-state index >= 15 is 0 Å². The van der Waals surface area contributed by atoms with Gasteiger partial charge in [-0.15, -0.1) is 0 Å². The first-order chi connectivity index (χ1) is 8.54. The Balaban J connectivity index is 2.39. The summed E-state index contributed by atoms with van der Waals surface area (Å²) >= 11 is 0. The van der Waals surface area contributed by atoms with Gasteiger partial charge in [-0.3, -0.25) is 0 Å². The molecule has 1 heterocycles. The fourth-order valence-corrected chi connectivity index (χ4v) is 1.82. The van der Waals surface area contributed by atoms with Crippen LogP contribution in [0.25, 0.3) is 0 Å². The van der Waals surface area contributed by atoms with Gasteiger partial charge in [-0.25, -0.2) is 9.59 Å². The predicted molar refractivity (Wildman–Crippen MR) is 63.3 cm³/mol. The van der Waals surface area contributed by atoms with E-state index in [-0.39, 0.29) is 19.1 Å². The number of carboxylic acid groups (broad SMARTS) is 1. The maximum atomic E-state index is 11.7. The number of aliphatic carboxylic acids is 1. The number of nitrogens with one attached hydrogen (secondary N) is 1. The van der Waals surface area contributed by atoms with Crippen molar-refractivity contribution in [2.24, 2.45) is 0 Å². The number of hydrogen-bond donors (Lipinski definition) is 3. The van der Waals surface area contributed by atoms with Crippen LogP contribution in [0.4, 0.5) is 4.79 Å². The summed E-state index contributed by atoms with van der Waals surface area (Å²) in [5.41, 5.74) is 0. The van der Waals surface area contributed by atoms with Gasteiger partial charge in [0, 0.05) is 33.2 Å². The molecule has 0 spiro atoms. The number of nitrogens with zero attached hydrogens (tertiary/aromatic N) is 1. The molecule has 0 saturated carbocycles. The van der Waals surface area contributed by atoms with Gasteiger partial charge in [0.05, 0.1) is 6.10 Å². The van der Waals surface area contributed by atoms with Crippen molar-refractivity contribution in [3.8, 4) is 0 Å². The summed E-state index contributed by atoms with van der Waals surface area (Å²) in [4.78, 5) is 24.0. The summed E-state index contributed by atoms with van der Waals surface area (Å²) in [5.74, 6) is -1.15. The maximum Gasteiger partial charge on any atom is 0.326 e. The fourth-order valence-electron chi connectivity index (χ4n) is 1.82. The maximum absolute atomic E-state index is 11.7. The highest BCUT2D eigenvalue weighted by Gasteiger charge is 2.24. The van der Waals surface area contributed by atoms with E-state index < -0.39 is 18.0 Å². The SMILES string of the molecule is CN(CC1CCCO1)C(=O)N[C@@H](CCO)C(=O)O. The summed E-state index contributed by atoms with van der Waals surface area (Å²) in [6, 6.07) is -1.53. The number of carboxylic acids is 1. The minimum absolute atomic E-state index is 0.00512. The van der Waals surface area contributed by atoms with Crippen LogP contribution in [0, 0.1) is 0 Å². The standard InChI is InChI=1S/C11H20N2O5/c1-13(7-8-3-2-6-18-8)11(17)12-9(4-5-14)10(15)16/h8-9,14H,2-7H2,1H3,(H,12,17)(H,15,16)/t8?,9-/m0/s1. The average Bonchev–Trinajstić information content (AvgIpc) is 2.80. The second-order valence-electron chi connectivity index (χ2n) is 4.37. The van der Waals surface area contributed by atoms with E-state index in [4.69, 9.17) is 14.9 Å². The van der Waals surface area contributed by atoms with Crippen molar-refractivity contribution in [2.75, 3.05) is 26.8 Å². The molecule has 1 rings (SSSR count). The lowest BCUT2D eigenvalue weighted by Crippen LogP contribution is -2.48. The van der Waals surface area contributed by atoms with Crippen molar-refractivity contribution in [1.29, 1.82) is 0 Å². The van der Waals surface area contributed by atoms with E-state index in [1.807, 2.05) is 0 Å². The molecule has 1 saturated heterocycles. The number of aliphatic hydroxyl groups is 1. The Labute approximate surface area is 106 Å². The minimum atomic E-state index is -1.15. The van der Waals surface area contributed by atoms with Crippen LogP contribution in [0.1, 0.15) is 19.3 Å². The molecule has 1 unspecified atom stereocenters. The van der Waals surface area contributed by atoms with E-state index in [1.54, 1.807) is 7.05 Å². The lowest BCUT2D eigenvalue weighted by molar-refractivity contribution is -0.139. The van der Waals surface area contributed by atoms with Crippen LogP contribution in [-0.4, -0.2) is 66.1 Å². The Hall–Kier alpha value is -1.34. The Morgan fingerprint density at radius 2 is 2.28 bits per heavy atom. The molecule has 1 aliphatic heterocycles. The molecule has 2 amide bonds. The van der Waals surface area contributed by atoms with Crippen molar-refractivity contribution in [1.82, 2.24) is 10.2 Å². The van der Waals surface area contributed by atoms with Crippen LogP contribution in [0.3, 0.4) is 0 Å². The van der Waals surface area contributed by atoms with E-state index in [0.29, 0.717) is 13.2 Å². The Kier molecular flexibility index (Phi) is 5.87. The molecule has 0 aromatic carbocycles. The van der Waals surface area contributed by atoms with Crippen molar-refractivity contribution >= 4 is 12.0 Å². The molecule has 104 valence electrons. The van der Waals surface area contributed by atoms with Crippen LogP contribution in [0.15, 0.2) is 0 Å². The first-order valence-corrected chi connectivity index (χ1v) is 6.01. The molecule has 3 N–H and O–H groups in total. The number of likely N-dealkylation sites (N-methyl/N-ethyl adjacent to an activating group) is 1. The Bertz CT molecular complexity index is 291. The number of aliphatic hydroxyl groups excluding tert-OH is 1. The normalized spacial score (nSPS) is 20.4. The molecule has 0 radical (unpaired) electrons. The number of carbonyl (C=O) groups is 2. The van der Waals surface area contributed by atoms with Gasteiger partial charge in [0.1, 0.15) is 6.04 Å². The van der Waals surface area contributed by atoms with Crippen LogP contribution in [0.2, 0.25) is 0 Å². The predicted octanol–water partition coefficient (Wildman–Crippen LogP) is -0.358. The third-order valence-electron chi connectivity index (χ3n) is 2.86. The quantitative estimate of drug-likeness (QED) is 0.606. The minimum Gasteiger partial charge on any atom is -0.480 e. The van der Waals surface area contributed by atoms with Crippen molar-refractivity contribution in [3.05, 3.63) is 0 Å². The number of ether oxygens (including phenoxy) is 1. The zero-order valence-corrected chi connectivity index (χ0v) is 10.5. The summed E-state index contributed by atoms with van der Waals surface area (Å²) in [6.07, 6.45) is 1.93. The van der Waals surface area contributed by atoms with Gasteiger partial charge in [-0.05, 0) is 12.8 Å². The second kappa shape index (κ2) is 7.17. The molecule has 18 heavy (non-hydrogen) atoms. The van der Waals surface area contributed by atoms with E-state index in [0.717, 1.165) is 12.8 Å². The van der Waals surface area contributed by atoms with Crippen molar-refractivity contribution < 1.29 is 24.5 Å². The van der Waals surface area contributed by atoms with E-state index in [2.05, 4.69) is 5.32 Å². The van der Waals surface area contributed by atoms with Gasteiger partial charge in [0.25, 0.3) is 0 Å². The van der Waals surface area contributed by atoms with Crippen molar-refractivity contribution in [3.63, 3.8) is 0 Å². The monoisotopic (exact) mass is 260 g/mol. The molecule has 2 atom stereocenters. The molecule has 0 aromatic heterocycles. The zero-order valence-electron chi connectivity index (χ0n) is 10.5. The third kappa shape index (κ3) is 4.50. The highest BCUT2D eigenvalue weighted by Crippen LogP contribution is 2.12. The Morgan fingerprint density at radius 1 is 1.56 bits per heavy atom. The molecule has 7 nitrogen and oxygen atoms in total. The molecule has 0 bridgehead atoms. The number of carbonyl (C=O) groups excluding carboxylic acids is 1. The van der Waals surface area contributed by atoms with Gasteiger partial charge >= 0.3 is 12.0 Å². The molecule has 0 aliphatic carbocycles. The van der Waals surface area contributed by atoms with E-state index in [9.17, 15) is 9.59 Å². The largest absolute Gasteiger partial charge is 0.480 e. The summed E-state index contributed by atoms with van der Waals surface area (Å²) in [5, 5.41) is 19.9. The first-order valence-electron chi connectivity index (χ1n) is 6.01. The van der Waals surface area contributed by atoms with Gasteiger partial charge in [-0.2, -0.15) is 0 Å². The third-order valence-corrected chi connectivity index (χ3v) is 2.86. The molecular weight excluding hydrogens is 240 g/mol. The molecule has 1 aliphatic rings. The number of amides is 2. The molecule has 7 heteroatoms. The summed E-state index contributed by atoms with van der Waals surface area (Å²) < 4.78 is 5.40. The topological polar surface area (TPSA) is 99.1 Å². The lowest BCUT2D eigenvalue weighted by Gasteiger charge is -2.23. The summed E-state index contributed by atoms with van der Waals surface area (Å²) in [6.45, 7) is 0.867. The van der Waals surface area contributed by atoms with Gasteiger partial charge < -0.3 is 25.2 Å². The smallest absolute Gasteiger partial charge is 0.326 e.